The molecule has 0 aliphatic carbocycles. The first-order valence-corrected chi connectivity index (χ1v) is 17.9. The summed E-state index contributed by atoms with van der Waals surface area (Å²) >= 11 is 13.2. The normalized spacial score (nSPS) is 12.5. The summed E-state index contributed by atoms with van der Waals surface area (Å²) in [6, 6.07) is 19.0. The van der Waals surface area contributed by atoms with E-state index in [1.807, 2.05) is 64.1 Å². The van der Waals surface area contributed by atoms with E-state index in [-0.39, 0.29) is 10.7 Å². The summed E-state index contributed by atoms with van der Waals surface area (Å²) in [4.78, 5) is 51.0. The van der Waals surface area contributed by atoms with Crippen LogP contribution in [-0.4, -0.2) is 35.5 Å². The molecule has 0 aromatic heterocycles. The van der Waals surface area contributed by atoms with Gasteiger partial charge in [0.15, 0.2) is 11.6 Å². The van der Waals surface area contributed by atoms with Crippen molar-refractivity contribution in [2.45, 2.75) is 79.3 Å². The van der Waals surface area contributed by atoms with Crippen LogP contribution in [0.5, 0.6) is 0 Å². The van der Waals surface area contributed by atoms with Gasteiger partial charge >= 0.3 is 0 Å². The molecule has 52 heavy (non-hydrogen) atoms. The number of rotatable bonds is 15. The Morgan fingerprint density at radius 2 is 1.12 bits per heavy atom. The summed E-state index contributed by atoms with van der Waals surface area (Å²) in [7, 11) is 0. The lowest BCUT2D eigenvalue weighted by Gasteiger charge is -2.14. The lowest BCUT2D eigenvalue weighted by Crippen LogP contribution is -2.32. The van der Waals surface area contributed by atoms with Crippen molar-refractivity contribution in [2.75, 3.05) is 10.6 Å². The van der Waals surface area contributed by atoms with Crippen molar-refractivity contribution in [2.24, 2.45) is 20.5 Å². The Morgan fingerprint density at radius 3 is 1.56 bits per heavy atom. The molecule has 0 aliphatic heterocycles. The van der Waals surface area contributed by atoms with Gasteiger partial charge in [0.25, 0.3) is 11.8 Å². The van der Waals surface area contributed by atoms with Crippen molar-refractivity contribution in [3.05, 3.63) is 105 Å². The Kier molecular flexibility index (Phi) is 14.1. The summed E-state index contributed by atoms with van der Waals surface area (Å²) in [6.07, 6.45) is 3.02. The van der Waals surface area contributed by atoms with Crippen molar-refractivity contribution in [1.82, 2.24) is 0 Å². The van der Waals surface area contributed by atoms with E-state index in [2.05, 4.69) is 31.1 Å². The van der Waals surface area contributed by atoms with Gasteiger partial charge < -0.3 is 10.6 Å². The van der Waals surface area contributed by atoms with Gasteiger partial charge in [0.1, 0.15) is 5.69 Å². The van der Waals surface area contributed by atoms with Crippen molar-refractivity contribution in [1.29, 1.82) is 0 Å². The SMILES string of the molecule is CCc1ccc(CC)c(NC(=O)C(N=Nc2ccc(-c3ccc(N=NC(C(C)=O)C(=O)Nc4cc(CC)ccc4CC)c(Cl)c3)c(Cl)c2)C(C)=O)c1. The first kappa shape index (κ1) is 39.7. The number of hydrogen-bond donors (Lipinski definition) is 2. The van der Waals surface area contributed by atoms with Gasteiger partial charge in [0.05, 0.1) is 15.7 Å². The molecule has 2 atom stereocenters. The molecule has 0 radical (unpaired) electrons. The Morgan fingerprint density at radius 1 is 0.596 bits per heavy atom. The van der Waals surface area contributed by atoms with E-state index in [0.717, 1.165) is 35.1 Å². The number of anilines is 2. The van der Waals surface area contributed by atoms with Crippen LogP contribution in [0, 0.1) is 0 Å². The Hall–Kier alpha value is -5.06. The maximum Gasteiger partial charge on any atom is 0.258 e. The van der Waals surface area contributed by atoms with Crippen LogP contribution in [0.25, 0.3) is 11.1 Å². The van der Waals surface area contributed by atoms with Crippen molar-refractivity contribution >= 4 is 69.3 Å². The fraction of sp³-hybridized carbons (Fsp3) is 0.300. The zero-order valence-electron chi connectivity index (χ0n) is 30.1. The number of amides is 2. The second kappa shape index (κ2) is 18.4. The highest BCUT2D eigenvalue weighted by Crippen LogP contribution is 2.36. The van der Waals surface area contributed by atoms with Crippen LogP contribution in [0.1, 0.15) is 63.8 Å². The molecule has 10 nitrogen and oxygen atoms in total. The topological polar surface area (TPSA) is 142 Å². The van der Waals surface area contributed by atoms with Gasteiger partial charge in [0.2, 0.25) is 12.1 Å². The van der Waals surface area contributed by atoms with Gasteiger partial charge in [-0.05, 0) is 104 Å². The molecule has 4 aromatic carbocycles. The summed E-state index contributed by atoms with van der Waals surface area (Å²) in [5.74, 6) is -2.08. The van der Waals surface area contributed by atoms with Gasteiger partial charge in [-0.15, -0.1) is 0 Å². The molecule has 0 spiro atoms. The third-order valence-electron chi connectivity index (χ3n) is 8.49. The highest BCUT2D eigenvalue weighted by atomic mass is 35.5. The number of aryl methyl sites for hydroxylation is 4. The molecule has 270 valence electrons. The van der Waals surface area contributed by atoms with Gasteiger partial charge in [-0.1, -0.05) is 87.3 Å². The number of carbonyl (C=O) groups excluding carboxylic acids is 4. The van der Waals surface area contributed by atoms with Crippen molar-refractivity contribution in [3.8, 4) is 11.1 Å². The number of azo groups is 2. The van der Waals surface area contributed by atoms with Gasteiger partial charge in [0, 0.05) is 16.9 Å². The number of ketones is 2. The Bertz CT molecular complexity index is 2040. The zero-order chi connectivity index (χ0) is 37.9. The minimum atomic E-state index is -1.36. The minimum Gasteiger partial charge on any atom is -0.323 e. The molecule has 0 aliphatic rings. The van der Waals surface area contributed by atoms with Gasteiger partial charge in [-0.25, -0.2) is 0 Å². The fourth-order valence-electron chi connectivity index (χ4n) is 5.38. The third-order valence-corrected chi connectivity index (χ3v) is 9.11. The van der Waals surface area contributed by atoms with Gasteiger partial charge in [-0.3, -0.25) is 19.2 Å². The zero-order valence-corrected chi connectivity index (χ0v) is 31.6. The highest BCUT2D eigenvalue weighted by molar-refractivity contribution is 6.34. The minimum absolute atomic E-state index is 0.221. The molecule has 2 amide bonds. The molecule has 0 bridgehead atoms. The van der Waals surface area contributed by atoms with Crippen LogP contribution in [-0.2, 0) is 44.9 Å². The summed E-state index contributed by atoms with van der Waals surface area (Å²) < 4.78 is 0. The number of hydrogen-bond acceptors (Lipinski definition) is 8. The van der Waals surface area contributed by atoms with Crippen LogP contribution in [0.3, 0.4) is 0 Å². The van der Waals surface area contributed by atoms with Crippen LogP contribution < -0.4 is 10.6 Å². The Balaban J connectivity index is 1.49. The largest absolute Gasteiger partial charge is 0.323 e. The van der Waals surface area contributed by atoms with Crippen LogP contribution in [0.15, 0.2) is 93.3 Å². The van der Waals surface area contributed by atoms with E-state index in [1.165, 1.54) is 13.8 Å². The predicted molar refractivity (Wildman–Crippen MR) is 208 cm³/mol. The second-order valence-corrected chi connectivity index (χ2v) is 13.0. The number of carbonyl (C=O) groups is 4. The maximum atomic E-state index is 13.1. The predicted octanol–water partition coefficient (Wildman–Crippen LogP) is 10.3. The van der Waals surface area contributed by atoms with Crippen LogP contribution >= 0.6 is 23.2 Å². The van der Waals surface area contributed by atoms with Crippen molar-refractivity contribution < 1.29 is 19.2 Å². The highest BCUT2D eigenvalue weighted by Gasteiger charge is 2.25. The number of benzene rings is 4. The van der Waals surface area contributed by atoms with Crippen molar-refractivity contribution in [3.63, 3.8) is 0 Å². The summed E-state index contributed by atoms with van der Waals surface area (Å²) in [6.45, 7) is 10.6. The van der Waals surface area contributed by atoms with E-state index in [1.54, 1.807) is 36.4 Å². The number of halogens is 2. The van der Waals surface area contributed by atoms with Crippen LogP contribution in [0.4, 0.5) is 22.7 Å². The molecule has 0 saturated carbocycles. The molecule has 0 fully saturated rings. The average molecular weight is 742 g/mol. The second-order valence-electron chi connectivity index (χ2n) is 12.2. The average Bonchev–Trinajstić information content (AvgIpc) is 3.12. The number of nitrogens with one attached hydrogen (secondary N) is 2. The number of Topliss-reactive ketones (excluding diaryl/α,β-unsaturated/α-hetero) is 2. The summed E-state index contributed by atoms with van der Waals surface area (Å²) in [5, 5.41) is 22.6. The number of nitrogens with zero attached hydrogens (tertiary/aromatic N) is 4. The molecule has 12 heteroatoms. The fourth-order valence-corrected chi connectivity index (χ4v) is 5.88. The first-order valence-electron chi connectivity index (χ1n) is 17.2. The quantitative estimate of drug-likeness (QED) is 0.0924. The molecule has 4 rings (SSSR count). The van der Waals surface area contributed by atoms with E-state index in [9.17, 15) is 19.2 Å². The standard InChI is InChI=1S/C40H42Cl2N6O4/c1-7-25-11-13-27(9-3)35(19-25)43-39(51)37(23(5)49)47-45-30-16-17-31(32(41)22-30)29-15-18-34(33(42)21-29)46-48-38(24(6)50)40(52)44-36-20-26(8-2)12-14-28(36)10-4/h11-22,37-38H,7-10H2,1-6H3,(H,43,51)(H,44,52). The molecular weight excluding hydrogens is 699 g/mol. The molecule has 0 heterocycles. The lowest BCUT2D eigenvalue weighted by atomic mass is 10.0. The molecule has 2 N–H and O–H groups in total. The molecule has 4 aromatic rings. The van der Waals surface area contributed by atoms with E-state index in [0.29, 0.717) is 46.1 Å². The van der Waals surface area contributed by atoms with Crippen LogP contribution in [0.2, 0.25) is 10.0 Å². The third kappa shape index (κ3) is 10.0. The maximum absolute atomic E-state index is 13.1. The molecule has 2 unspecified atom stereocenters. The Labute approximate surface area is 314 Å². The van der Waals surface area contributed by atoms with Gasteiger partial charge in [-0.2, -0.15) is 20.5 Å². The summed E-state index contributed by atoms with van der Waals surface area (Å²) in [5.41, 5.74) is 7.18. The smallest absolute Gasteiger partial charge is 0.258 e. The van der Waals surface area contributed by atoms with E-state index < -0.39 is 35.5 Å². The lowest BCUT2D eigenvalue weighted by molar-refractivity contribution is -0.127. The molecule has 0 saturated heterocycles. The first-order chi connectivity index (χ1) is 24.9. The van der Waals surface area contributed by atoms with E-state index in [4.69, 9.17) is 23.2 Å². The molecular formula is C40H42Cl2N6O4. The van der Waals surface area contributed by atoms with E-state index >= 15 is 0 Å². The monoisotopic (exact) mass is 740 g/mol.